The maximum atomic E-state index is 12.0. The Labute approximate surface area is 133 Å². The van der Waals surface area contributed by atoms with Crippen LogP contribution in [-0.2, 0) is 9.53 Å². The van der Waals surface area contributed by atoms with Crippen LogP contribution >= 0.6 is 0 Å². The van der Waals surface area contributed by atoms with Crippen molar-refractivity contribution in [3.05, 3.63) is 69.8 Å². The largest absolute Gasteiger partial charge is 0.463 e. The molecule has 1 unspecified atom stereocenters. The highest BCUT2D eigenvalue weighted by Crippen LogP contribution is 2.36. The molecule has 4 nitrogen and oxygen atoms in total. The third kappa shape index (κ3) is 2.27. The molecule has 23 heavy (non-hydrogen) atoms. The monoisotopic (exact) mass is 304 g/mol. The van der Waals surface area contributed by atoms with Crippen molar-refractivity contribution >= 4 is 17.7 Å². The molecule has 0 fully saturated rings. The quantitative estimate of drug-likeness (QED) is 0.636. The number of fused-ring (bicyclic) bond motifs is 2. The summed E-state index contributed by atoms with van der Waals surface area (Å²) >= 11 is 0. The van der Waals surface area contributed by atoms with Gasteiger partial charge in [0.1, 0.15) is 5.70 Å². The molecule has 0 bridgehead atoms. The van der Waals surface area contributed by atoms with Crippen molar-refractivity contribution in [2.45, 2.75) is 13.3 Å². The lowest BCUT2D eigenvalue weighted by Gasteiger charge is -2.15. The molecule has 0 aromatic heterocycles. The minimum absolute atomic E-state index is 0.0371. The third-order valence-corrected chi connectivity index (χ3v) is 4.22. The number of esters is 1. The molecule has 0 radical (unpaired) electrons. The van der Waals surface area contributed by atoms with Crippen LogP contribution in [0.3, 0.4) is 0 Å². The van der Waals surface area contributed by atoms with Gasteiger partial charge in [-0.05, 0) is 24.6 Å². The molecule has 0 N–H and O–H groups in total. The van der Waals surface area contributed by atoms with Crippen LogP contribution in [0.5, 0.6) is 0 Å². The molecular weight excluding hydrogens is 288 g/mol. The van der Waals surface area contributed by atoms with Crippen molar-refractivity contribution in [3.8, 4) is 0 Å². The number of hydrogen-bond acceptors (Lipinski definition) is 4. The fraction of sp³-hybridized carbons (Fsp3) is 0.211. The van der Waals surface area contributed by atoms with Crippen LogP contribution in [-0.4, -0.2) is 12.6 Å². The van der Waals surface area contributed by atoms with Gasteiger partial charge in [-0.25, -0.2) is 4.79 Å². The molecule has 1 atom stereocenters. The number of carbonyl (C=O) groups excluding carboxylic acids is 1. The SMILES string of the molecule is CCOC(=O)C1=CC(C2=C3C=c4ccccc4=C3N=N2)C=CC1. The van der Waals surface area contributed by atoms with Crippen molar-refractivity contribution in [1.29, 1.82) is 0 Å². The molecule has 0 saturated heterocycles. The molecule has 1 heterocycles. The van der Waals surface area contributed by atoms with Gasteiger partial charge in [-0.2, -0.15) is 5.11 Å². The van der Waals surface area contributed by atoms with Gasteiger partial charge in [0.15, 0.2) is 0 Å². The van der Waals surface area contributed by atoms with E-state index in [1.807, 2.05) is 31.2 Å². The molecule has 0 amide bonds. The van der Waals surface area contributed by atoms with Gasteiger partial charge in [-0.1, -0.05) is 42.5 Å². The lowest BCUT2D eigenvalue weighted by Crippen LogP contribution is -2.21. The van der Waals surface area contributed by atoms with E-state index in [-0.39, 0.29) is 11.9 Å². The van der Waals surface area contributed by atoms with Crippen molar-refractivity contribution in [2.75, 3.05) is 6.61 Å². The summed E-state index contributed by atoms with van der Waals surface area (Å²) in [5.41, 5.74) is 3.57. The summed E-state index contributed by atoms with van der Waals surface area (Å²) in [5.74, 6) is -0.282. The zero-order valence-electron chi connectivity index (χ0n) is 12.8. The Hall–Kier alpha value is -2.75. The Balaban J connectivity index is 1.75. The molecule has 4 heteroatoms. The highest BCUT2D eigenvalue weighted by molar-refractivity contribution is 5.89. The fourth-order valence-electron chi connectivity index (χ4n) is 3.14. The van der Waals surface area contributed by atoms with E-state index >= 15 is 0 Å². The number of ether oxygens (including phenoxy) is 1. The first-order valence-electron chi connectivity index (χ1n) is 7.80. The summed E-state index contributed by atoms with van der Waals surface area (Å²) in [4.78, 5) is 12.0. The number of rotatable bonds is 3. The average Bonchev–Trinajstić information content (AvgIpc) is 3.14. The Kier molecular flexibility index (Phi) is 3.30. The highest BCUT2D eigenvalue weighted by Gasteiger charge is 2.26. The Bertz CT molecular complexity index is 932. The molecule has 114 valence electrons. The van der Waals surface area contributed by atoms with Crippen molar-refractivity contribution in [3.63, 3.8) is 0 Å². The van der Waals surface area contributed by atoms with Crippen molar-refractivity contribution in [2.24, 2.45) is 16.1 Å². The minimum atomic E-state index is -0.245. The maximum Gasteiger partial charge on any atom is 0.334 e. The average molecular weight is 304 g/mol. The van der Waals surface area contributed by atoms with E-state index in [1.54, 1.807) is 0 Å². The van der Waals surface area contributed by atoms with Crippen LogP contribution in [0.2, 0.25) is 0 Å². The summed E-state index contributed by atoms with van der Waals surface area (Å²) < 4.78 is 5.11. The first-order chi connectivity index (χ1) is 11.3. The van der Waals surface area contributed by atoms with Gasteiger partial charge in [-0.3, -0.25) is 0 Å². The molecule has 0 spiro atoms. The molecule has 4 rings (SSSR count). The molecule has 2 aliphatic carbocycles. The maximum absolute atomic E-state index is 12.0. The number of hydrogen-bond donors (Lipinski definition) is 0. The third-order valence-electron chi connectivity index (χ3n) is 4.22. The van der Waals surface area contributed by atoms with Crippen molar-refractivity contribution < 1.29 is 9.53 Å². The Morgan fingerprint density at radius 1 is 1.30 bits per heavy atom. The molecule has 0 saturated carbocycles. The summed E-state index contributed by atoms with van der Waals surface area (Å²) in [6, 6.07) is 8.17. The summed E-state index contributed by atoms with van der Waals surface area (Å²) in [7, 11) is 0. The molecule has 1 aromatic carbocycles. The van der Waals surface area contributed by atoms with Gasteiger partial charge in [0, 0.05) is 22.3 Å². The van der Waals surface area contributed by atoms with Crippen LogP contribution < -0.4 is 10.4 Å². The summed E-state index contributed by atoms with van der Waals surface area (Å²) in [6.07, 6.45) is 8.75. The number of benzene rings is 1. The molecule has 1 aromatic rings. The van der Waals surface area contributed by atoms with E-state index in [9.17, 15) is 4.79 Å². The van der Waals surface area contributed by atoms with Gasteiger partial charge < -0.3 is 4.74 Å². The predicted molar refractivity (Wildman–Crippen MR) is 87.4 cm³/mol. The van der Waals surface area contributed by atoms with E-state index in [2.05, 4.69) is 34.5 Å². The first kappa shape index (κ1) is 13.9. The molecule has 1 aliphatic heterocycles. The lowest BCUT2D eigenvalue weighted by molar-refractivity contribution is -0.138. The lowest BCUT2D eigenvalue weighted by atomic mass is 9.92. The smallest absolute Gasteiger partial charge is 0.334 e. The van der Waals surface area contributed by atoms with Gasteiger partial charge in [0.25, 0.3) is 0 Å². The highest BCUT2D eigenvalue weighted by atomic mass is 16.5. The standard InChI is InChI=1S/C19H16N2O2/c1-2-23-19(22)14-8-5-7-13(10-14)17-16-11-12-6-3-4-9-15(12)18(16)21-20-17/h3-7,9-11,13H,2,8H2,1H3. The fourth-order valence-corrected chi connectivity index (χ4v) is 3.14. The van der Waals surface area contributed by atoms with Crippen LogP contribution in [0.25, 0.3) is 11.8 Å². The number of allylic oxidation sites excluding steroid dienone is 2. The zero-order chi connectivity index (χ0) is 15.8. The van der Waals surface area contributed by atoms with Gasteiger partial charge in [0.2, 0.25) is 0 Å². The molecule has 3 aliphatic rings. The van der Waals surface area contributed by atoms with Gasteiger partial charge >= 0.3 is 5.97 Å². The molecular formula is C19H16N2O2. The van der Waals surface area contributed by atoms with Crippen LogP contribution in [0, 0.1) is 5.92 Å². The Morgan fingerprint density at radius 3 is 3.04 bits per heavy atom. The number of nitrogens with zero attached hydrogens (tertiary/aromatic N) is 2. The summed E-state index contributed by atoms with van der Waals surface area (Å²) in [5, 5.41) is 11.0. The van der Waals surface area contributed by atoms with E-state index in [0.29, 0.717) is 18.6 Å². The zero-order valence-corrected chi connectivity index (χ0v) is 12.8. The van der Waals surface area contributed by atoms with E-state index in [0.717, 1.165) is 22.2 Å². The summed E-state index contributed by atoms with van der Waals surface area (Å²) in [6.45, 7) is 2.20. The predicted octanol–water partition coefficient (Wildman–Crippen LogP) is 2.37. The number of carbonyl (C=O) groups is 1. The van der Waals surface area contributed by atoms with Gasteiger partial charge in [-0.15, -0.1) is 5.11 Å². The minimum Gasteiger partial charge on any atom is -0.463 e. The van der Waals surface area contributed by atoms with Crippen LogP contribution in [0.15, 0.2) is 69.6 Å². The Morgan fingerprint density at radius 2 is 2.17 bits per heavy atom. The second kappa shape index (κ2) is 5.47. The van der Waals surface area contributed by atoms with E-state index < -0.39 is 0 Å². The van der Waals surface area contributed by atoms with E-state index in [1.165, 1.54) is 5.22 Å². The van der Waals surface area contributed by atoms with Gasteiger partial charge in [0.05, 0.1) is 12.3 Å². The van der Waals surface area contributed by atoms with E-state index in [4.69, 9.17) is 4.74 Å². The topological polar surface area (TPSA) is 51.0 Å². The van der Waals surface area contributed by atoms with Crippen LogP contribution in [0.4, 0.5) is 0 Å². The van der Waals surface area contributed by atoms with Crippen molar-refractivity contribution in [1.82, 2.24) is 0 Å². The van der Waals surface area contributed by atoms with Crippen LogP contribution in [0.1, 0.15) is 13.3 Å². The number of azo groups is 1. The normalized spacial score (nSPS) is 21.0. The second-order valence-corrected chi connectivity index (χ2v) is 5.65. The second-order valence-electron chi connectivity index (χ2n) is 5.65. The first-order valence-corrected chi connectivity index (χ1v) is 7.80.